The first kappa shape index (κ1) is 31.3. The van der Waals surface area contributed by atoms with Crippen LogP contribution in [-0.4, -0.2) is 48.9 Å². The number of hydrogen-bond acceptors (Lipinski definition) is 6. The van der Waals surface area contributed by atoms with Gasteiger partial charge in [-0.15, -0.1) is 0 Å². The average molecular weight is 611 g/mol. The lowest BCUT2D eigenvalue weighted by molar-refractivity contribution is -0.137. The van der Waals surface area contributed by atoms with Crippen molar-refractivity contribution in [3.63, 3.8) is 0 Å². The van der Waals surface area contributed by atoms with E-state index in [4.69, 9.17) is 9.47 Å². The highest BCUT2D eigenvalue weighted by Crippen LogP contribution is 2.39. The van der Waals surface area contributed by atoms with Crippen LogP contribution in [0.25, 0.3) is 11.1 Å². The van der Waals surface area contributed by atoms with Crippen molar-refractivity contribution in [2.75, 3.05) is 31.2 Å². The highest BCUT2D eigenvalue weighted by atomic mass is 19.4. The Morgan fingerprint density at radius 3 is 2.41 bits per heavy atom. The summed E-state index contributed by atoms with van der Waals surface area (Å²) >= 11 is 0. The molecule has 1 aromatic heterocycles. The molecule has 3 aromatic rings. The molecule has 3 heterocycles. The number of rotatable bonds is 7. The van der Waals surface area contributed by atoms with Crippen LogP contribution < -0.4 is 15.5 Å². The van der Waals surface area contributed by atoms with E-state index in [9.17, 15) is 22.8 Å². The summed E-state index contributed by atoms with van der Waals surface area (Å²) in [5.41, 5.74) is 1.35. The summed E-state index contributed by atoms with van der Waals surface area (Å²) in [7, 11) is 0. The van der Waals surface area contributed by atoms with Crippen LogP contribution >= 0.6 is 0 Å². The minimum absolute atomic E-state index is 0.0172. The van der Waals surface area contributed by atoms with Gasteiger partial charge < -0.3 is 25.0 Å². The number of halogens is 3. The van der Waals surface area contributed by atoms with Gasteiger partial charge in [0.05, 0.1) is 24.8 Å². The van der Waals surface area contributed by atoms with Crippen molar-refractivity contribution in [2.24, 2.45) is 5.41 Å². The van der Waals surface area contributed by atoms with Gasteiger partial charge in [0, 0.05) is 36.8 Å². The summed E-state index contributed by atoms with van der Waals surface area (Å²) < 4.78 is 51.4. The number of alkyl halides is 3. The Morgan fingerprint density at radius 2 is 1.80 bits per heavy atom. The van der Waals surface area contributed by atoms with Gasteiger partial charge >= 0.3 is 12.3 Å². The van der Waals surface area contributed by atoms with Crippen molar-refractivity contribution >= 4 is 17.8 Å². The number of amides is 2. The molecule has 234 valence electrons. The number of pyridine rings is 1. The second-order valence-corrected chi connectivity index (χ2v) is 12.6. The molecule has 0 unspecified atom stereocenters. The van der Waals surface area contributed by atoms with Gasteiger partial charge in [-0.1, -0.05) is 30.3 Å². The first-order chi connectivity index (χ1) is 20.7. The van der Waals surface area contributed by atoms with E-state index in [2.05, 4.69) is 20.5 Å². The molecule has 2 aliphatic rings. The summed E-state index contributed by atoms with van der Waals surface area (Å²) in [6, 6.07) is 13.5. The Labute approximate surface area is 254 Å². The molecule has 2 saturated heterocycles. The number of carbonyl (C=O) groups excluding carboxylic acids is 2. The zero-order valence-corrected chi connectivity index (χ0v) is 25.3. The Balaban J connectivity index is 1.28. The molecule has 2 aliphatic heterocycles. The van der Waals surface area contributed by atoms with Crippen LogP contribution in [0.4, 0.5) is 23.8 Å². The van der Waals surface area contributed by atoms with Crippen LogP contribution in [0.15, 0.2) is 60.8 Å². The van der Waals surface area contributed by atoms with Gasteiger partial charge in [-0.05, 0) is 80.6 Å². The van der Waals surface area contributed by atoms with E-state index >= 15 is 0 Å². The van der Waals surface area contributed by atoms with E-state index in [1.54, 1.807) is 63.4 Å². The van der Waals surface area contributed by atoms with Gasteiger partial charge in [0.25, 0.3) is 5.91 Å². The second-order valence-electron chi connectivity index (χ2n) is 12.6. The largest absolute Gasteiger partial charge is 0.444 e. The number of alkyl carbamates (subject to hydrolysis) is 1. The van der Waals surface area contributed by atoms with E-state index < -0.39 is 23.4 Å². The van der Waals surface area contributed by atoms with Crippen LogP contribution in [0, 0.1) is 5.41 Å². The fourth-order valence-electron chi connectivity index (χ4n) is 5.46. The molecule has 2 N–H and O–H groups in total. The van der Waals surface area contributed by atoms with Crippen LogP contribution in [0.3, 0.4) is 0 Å². The van der Waals surface area contributed by atoms with Crippen LogP contribution in [0.2, 0.25) is 0 Å². The number of carbonyl (C=O) groups is 2. The van der Waals surface area contributed by atoms with E-state index in [1.165, 1.54) is 6.07 Å². The van der Waals surface area contributed by atoms with Crippen molar-refractivity contribution in [3.8, 4) is 11.1 Å². The highest BCUT2D eigenvalue weighted by Gasteiger charge is 2.44. The standard InChI is InChI=1S/C33H37F3N4O4/c1-21(39-29(41)24-11-13-37-28(15-24)40-14-12-32(18-40)19-43-20-32)22-5-7-23(8-6-22)27-16-26(33(34,35)36)10-9-25(27)17-38-30(42)44-31(2,3)4/h5-11,13,15-16,21H,12,14,17-20H2,1-4H3,(H,38,42)(H,39,41)/t21-/m1/s1. The lowest BCUT2D eigenvalue weighted by Gasteiger charge is -2.37. The molecule has 0 bridgehead atoms. The number of nitrogens with zero attached hydrogens (tertiary/aromatic N) is 2. The first-order valence-electron chi connectivity index (χ1n) is 14.6. The Hall–Kier alpha value is -4.12. The number of hydrogen-bond donors (Lipinski definition) is 2. The van der Waals surface area contributed by atoms with Gasteiger partial charge in [-0.3, -0.25) is 4.79 Å². The molecular weight excluding hydrogens is 573 g/mol. The predicted octanol–water partition coefficient (Wildman–Crippen LogP) is 6.51. The lowest BCUT2D eigenvalue weighted by Crippen LogP contribution is -2.44. The lowest BCUT2D eigenvalue weighted by atomic mass is 9.85. The molecule has 5 rings (SSSR count). The third kappa shape index (κ3) is 7.32. The van der Waals surface area contributed by atoms with Gasteiger partial charge in [0.1, 0.15) is 11.4 Å². The summed E-state index contributed by atoms with van der Waals surface area (Å²) in [6.45, 7) is 10.3. The molecule has 2 fully saturated rings. The van der Waals surface area contributed by atoms with Crippen molar-refractivity contribution in [3.05, 3.63) is 83.0 Å². The average Bonchev–Trinajstić information content (AvgIpc) is 3.42. The molecule has 1 spiro atoms. The SMILES string of the molecule is C[C@@H](NC(=O)c1ccnc(N2CCC3(COC3)C2)c1)c1ccc(-c2cc(C(F)(F)F)ccc2CNC(=O)OC(C)(C)C)cc1. The van der Waals surface area contributed by atoms with Gasteiger partial charge in [-0.25, -0.2) is 9.78 Å². The molecule has 8 nitrogen and oxygen atoms in total. The molecule has 0 aliphatic carbocycles. The van der Waals surface area contributed by atoms with Crippen molar-refractivity contribution in [2.45, 2.75) is 58.5 Å². The van der Waals surface area contributed by atoms with E-state index in [1.807, 2.05) is 6.92 Å². The summed E-state index contributed by atoms with van der Waals surface area (Å²) in [5, 5.41) is 5.62. The maximum Gasteiger partial charge on any atom is 0.416 e. The van der Waals surface area contributed by atoms with Gasteiger partial charge in [0.15, 0.2) is 0 Å². The smallest absolute Gasteiger partial charge is 0.416 e. The Bertz CT molecular complexity index is 1510. The third-order valence-electron chi connectivity index (χ3n) is 7.92. The van der Waals surface area contributed by atoms with Gasteiger partial charge in [0.2, 0.25) is 0 Å². The molecule has 2 amide bonds. The van der Waals surface area contributed by atoms with E-state index in [0.29, 0.717) is 22.3 Å². The molecule has 2 aromatic carbocycles. The molecule has 1 atom stereocenters. The van der Waals surface area contributed by atoms with Crippen molar-refractivity contribution in [1.29, 1.82) is 0 Å². The topological polar surface area (TPSA) is 92.8 Å². The summed E-state index contributed by atoms with van der Waals surface area (Å²) in [6.07, 6.45) is -2.52. The molecule has 44 heavy (non-hydrogen) atoms. The fourth-order valence-corrected chi connectivity index (χ4v) is 5.46. The number of aromatic nitrogens is 1. The zero-order chi connectivity index (χ0) is 31.7. The van der Waals surface area contributed by atoms with Crippen LogP contribution in [0.1, 0.15) is 67.2 Å². The maximum atomic E-state index is 13.6. The van der Waals surface area contributed by atoms with Crippen molar-refractivity contribution < 1.29 is 32.2 Å². The number of anilines is 1. The molecular formula is C33H37F3N4O4. The molecule has 0 radical (unpaired) electrons. The molecule has 0 saturated carbocycles. The monoisotopic (exact) mass is 610 g/mol. The second kappa shape index (κ2) is 12.1. The number of ether oxygens (including phenoxy) is 2. The molecule has 11 heteroatoms. The van der Waals surface area contributed by atoms with E-state index in [0.717, 1.165) is 56.2 Å². The van der Waals surface area contributed by atoms with Gasteiger partial charge in [-0.2, -0.15) is 13.2 Å². The Kier molecular flexibility index (Phi) is 8.62. The minimum Gasteiger partial charge on any atom is -0.444 e. The number of benzene rings is 2. The highest BCUT2D eigenvalue weighted by molar-refractivity contribution is 5.95. The maximum absolute atomic E-state index is 13.6. The van der Waals surface area contributed by atoms with Crippen LogP contribution in [0.5, 0.6) is 0 Å². The zero-order valence-electron chi connectivity index (χ0n) is 25.3. The predicted molar refractivity (Wildman–Crippen MR) is 160 cm³/mol. The quantitative estimate of drug-likeness (QED) is 0.317. The summed E-state index contributed by atoms with van der Waals surface area (Å²) in [5.74, 6) is 0.510. The van der Waals surface area contributed by atoms with E-state index in [-0.39, 0.29) is 23.9 Å². The first-order valence-corrected chi connectivity index (χ1v) is 14.6. The van der Waals surface area contributed by atoms with Crippen LogP contribution in [-0.2, 0) is 22.2 Å². The number of nitrogens with one attached hydrogen (secondary N) is 2. The Morgan fingerprint density at radius 1 is 1.07 bits per heavy atom. The van der Waals surface area contributed by atoms with Crippen molar-refractivity contribution in [1.82, 2.24) is 15.6 Å². The minimum atomic E-state index is -4.53. The summed E-state index contributed by atoms with van der Waals surface area (Å²) in [4.78, 5) is 32.0. The third-order valence-corrected chi connectivity index (χ3v) is 7.92. The fraction of sp³-hybridized carbons (Fsp3) is 0.424. The normalized spacial score (nSPS) is 16.8.